The summed E-state index contributed by atoms with van der Waals surface area (Å²) in [6, 6.07) is 3.52. The van der Waals surface area contributed by atoms with Crippen molar-refractivity contribution in [2.45, 2.75) is 39.0 Å². The van der Waals surface area contributed by atoms with Crippen LogP contribution in [0.1, 0.15) is 43.5 Å². The van der Waals surface area contributed by atoms with E-state index in [2.05, 4.69) is 10.4 Å². The minimum atomic E-state index is -0.555. The summed E-state index contributed by atoms with van der Waals surface area (Å²) in [5, 5.41) is 7.66. The van der Waals surface area contributed by atoms with Crippen LogP contribution in [-0.4, -0.2) is 22.9 Å². The quantitative estimate of drug-likeness (QED) is 0.876. The standard InChI is InChI=1S/C18H23F2N3O/c1-3-23-11-14(10-22-23)18-13(6-7-24-18)9-21-12(2)16-5-4-15(19)8-17(16)20/h4-5,8,10-13,18,21H,3,6-7,9H2,1-2H3/t12-,13+,18+/m0/s1. The molecule has 6 heteroatoms. The van der Waals surface area contributed by atoms with Gasteiger partial charge in [-0.3, -0.25) is 4.68 Å². The lowest BCUT2D eigenvalue weighted by Crippen LogP contribution is -2.28. The minimum absolute atomic E-state index is 0.0167. The summed E-state index contributed by atoms with van der Waals surface area (Å²) in [6.07, 6.45) is 4.85. The fourth-order valence-electron chi connectivity index (χ4n) is 3.20. The SMILES string of the molecule is CCn1cc([C@@H]2OCC[C@@H]2CN[C@@H](C)c2ccc(F)cc2F)cn1. The first kappa shape index (κ1) is 17.0. The Hall–Kier alpha value is -1.79. The molecule has 0 spiro atoms. The van der Waals surface area contributed by atoms with Crippen LogP contribution in [0.2, 0.25) is 0 Å². The first-order valence-electron chi connectivity index (χ1n) is 8.40. The molecule has 2 aromatic rings. The summed E-state index contributed by atoms with van der Waals surface area (Å²) < 4.78 is 34.7. The predicted molar refractivity (Wildman–Crippen MR) is 87.5 cm³/mol. The van der Waals surface area contributed by atoms with Crippen LogP contribution in [0.15, 0.2) is 30.6 Å². The minimum Gasteiger partial charge on any atom is -0.373 e. The van der Waals surface area contributed by atoms with Gasteiger partial charge < -0.3 is 10.1 Å². The number of benzene rings is 1. The van der Waals surface area contributed by atoms with Crippen molar-refractivity contribution in [3.05, 3.63) is 53.4 Å². The van der Waals surface area contributed by atoms with E-state index in [0.29, 0.717) is 24.6 Å². The molecule has 1 aliphatic heterocycles. The molecule has 1 aromatic carbocycles. The van der Waals surface area contributed by atoms with Crippen LogP contribution in [0.25, 0.3) is 0 Å². The van der Waals surface area contributed by atoms with E-state index in [4.69, 9.17) is 4.74 Å². The number of hydrogen-bond donors (Lipinski definition) is 1. The average molecular weight is 335 g/mol. The molecule has 1 fully saturated rings. The lowest BCUT2D eigenvalue weighted by molar-refractivity contribution is 0.0898. The third-order valence-corrected chi connectivity index (χ3v) is 4.64. The van der Waals surface area contributed by atoms with Gasteiger partial charge in [-0.1, -0.05) is 6.07 Å². The van der Waals surface area contributed by atoms with Gasteiger partial charge in [0, 0.05) is 55.0 Å². The van der Waals surface area contributed by atoms with E-state index in [-0.39, 0.29) is 12.1 Å². The highest BCUT2D eigenvalue weighted by Crippen LogP contribution is 2.34. The number of aromatic nitrogens is 2. The van der Waals surface area contributed by atoms with Crippen LogP contribution >= 0.6 is 0 Å². The number of nitrogens with one attached hydrogen (secondary N) is 1. The Balaban J connectivity index is 1.62. The second-order valence-corrected chi connectivity index (χ2v) is 6.27. The van der Waals surface area contributed by atoms with Gasteiger partial charge in [-0.05, 0) is 26.3 Å². The van der Waals surface area contributed by atoms with Gasteiger partial charge in [0.05, 0.1) is 12.3 Å². The van der Waals surface area contributed by atoms with Crippen molar-refractivity contribution >= 4 is 0 Å². The van der Waals surface area contributed by atoms with Gasteiger partial charge in [0.2, 0.25) is 0 Å². The smallest absolute Gasteiger partial charge is 0.130 e. The third kappa shape index (κ3) is 3.65. The summed E-state index contributed by atoms with van der Waals surface area (Å²) in [6.45, 7) is 6.19. The van der Waals surface area contributed by atoms with Crippen molar-refractivity contribution in [3.63, 3.8) is 0 Å². The van der Waals surface area contributed by atoms with Crippen molar-refractivity contribution in [1.82, 2.24) is 15.1 Å². The van der Waals surface area contributed by atoms with Crippen LogP contribution in [0, 0.1) is 17.6 Å². The molecule has 2 heterocycles. The molecule has 1 N–H and O–H groups in total. The van der Waals surface area contributed by atoms with Crippen molar-refractivity contribution in [1.29, 1.82) is 0 Å². The lowest BCUT2D eigenvalue weighted by Gasteiger charge is -2.21. The predicted octanol–water partition coefficient (Wildman–Crippen LogP) is 3.61. The van der Waals surface area contributed by atoms with Crippen LogP contribution in [0.4, 0.5) is 8.78 Å². The number of ether oxygens (including phenoxy) is 1. The summed E-state index contributed by atoms with van der Waals surface area (Å²) in [7, 11) is 0. The molecule has 0 amide bonds. The Morgan fingerprint density at radius 3 is 2.96 bits per heavy atom. The number of nitrogens with zero attached hydrogens (tertiary/aromatic N) is 2. The normalized spacial score (nSPS) is 22.0. The van der Waals surface area contributed by atoms with E-state index in [1.54, 1.807) is 0 Å². The van der Waals surface area contributed by atoms with E-state index in [1.807, 2.05) is 30.9 Å². The zero-order valence-corrected chi connectivity index (χ0v) is 14.0. The molecule has 0 radical (unpaired) electrons. The lowest BCUT2D eigenvalue weighted by atomic mass is 9.96. The summed E-state index contributed by atoms with van der Waals surface area (Å²) >= 11 is 0. The number of hydrogen-bond acceptors (Lipinski definition) is 3. The Kier molecular flexibility index (Phi) is 5.26. The van der Waals surface area contributed by atoms with Crippen molar-refractivity contribution in [2.75, 3.05) is 13.2 Å². The number of rotatable bonds is 6. The van der Waals surface area contributed by atoms with Crippen LogP contribution in [-0.2, 0) is 11.3 Å². The molecule has 0 unspecified atom stereocenters. The molecule has 3 atom stereocenters. The van der Waals surface area contributed by atoms with E-state index < -0.39 is 11.6 Å². The molecule has 24 heavy (non-hydrogen) atoms. The molecular weight excluding hydrogens is 312 g/mol. The van der Waals surface area contributed by atoms with Gasteiger partial charge in [0.1, 0.15) is 11.6 Å². The highest BCUT2D eigenvalue weighted by atomic mass is 19.1. The van der Waals surface area contributed by atoms with E-state index >= 15 is 0 Å². The largest absolute Gasteiger partial charge is 0.373 e. The molecule has 1 aromatic heterocycles. The molecule has 0 aliphatic carbocycles. The van der Waals surface area contributed by atoms with E-state index in [9.17, 15) is 8.78 Å². The topological polar surface area (TPSA) is 39.1 Å². The maximum absolute atomic E-state index is 13.9. The summed E-state index contributed by atoms with van der Waals surface area (Å²) in [4.78, 5) is 0. The van der Waals surface area contributed by atoms with Gasteiger partial charge in [-0.25, -0.2) is 8.78 Å². The summed E-state index contributed by atoms with van der Waals surface area (Å²) in [5.41, 5.74) is 1.56. The zero-order valence-electron chi connectivity index (χ0n) is 14.0. The van der Waals surface area contributed by atoms with Gasteiger partial charge in [-0.15, -0.1) is 0 Å². The Labute approximate surface area is 140 Å². The molecule has 130 valence electrons. The number of halogens is 2. The van der Waals surface area contributed by atoms with Crippen LogP contribution < -0.4 is 5.32 Å². The fraction of sp³-hybridized carbons (Fsp3) is 0.500. The summed E-state index contributed by atoms with van der Waals surface area (Å²) in [5.74, 6) is -0.760. The number of aryl methyl sites for hydroxylation is 1. The van der Waals surface area contributed by atoms with Crippen molar-refractivity contribution in [3.8, 4) is 0 Å². The average Bonchev–Trinajstić information content (AvgIpc) is 3.21. The Morgan fingerprint density at radius 2 is 2.25 bits per heavy atom. The molecule has 1 aliphatic rings. The molecule has 4 nitrogen and oxygen atoms in total. The first-order chi connectivity index (χ1) is 11.6. The van der Waals surface area contributed by atoms with Crippen molar-refractivity contribution < 1.29 is 13.5 Å². The first-order valence-corrected chi connectivity index (χ1v) is 8.40. The molecule has 1 saturated heterocycles. The maximum atomic E-state index is 13.9. The van der Waals surface area contributed by atoms with Crippen LogP contribution in [0.5, 0.6) is 0 Å². The molecule has 0 saturated carbocycles. The monoisotopic (exact) mass is 335 g/mol. The van der Waals surface area contributed by atoms with Gasteiger partial charge in [-0.2, -0.15) is 5.10 Å². The maximum Gasteiger partial charge on any atom is 0.130 e. The second kappa shape index (κ2) is 7.40. The third-order valence-electron chi connectivity index (χ3n) is 4.64. The zero-order chi connectivity index (χ0) is 17.1. The molecule has 3 rings (SSSR count). The van der Waals surface area contributed by atoms with Crippen molar-refractivity contribution in [2.24, 2.45) is 5.92 Å². The second-order valence-electron chi connectivity index (χ2n) is 6.27. The Morgan fingerprint density at radius 1 is 1.42 bits per heavy atom. The molecular formula is C18H23F2N3O. The van der Waals surface area contributed by atoms with E-state index in [1.165, 1.54) is 12.1 Å². The Bertz CT molecular complexity index is 689. The van der Waals surface area contributed by atoms with Crippen LogP contribution in [0.3, 0.4) is 0 Å². The highest BCUT2D eigenvalue weighted by molar-refractivity contribution is 5.21. The molecule has 0 bridgehead atoms. The van der Waals surface area contributed by atoms with Gasteiger partial charge in [0.15, 0.2) is 0 Å². The van der Waals surface area contributed by atoms with Gasteiger partial charge in [0.25, 0.3) is 0 Å². The van der Waals surface area contributed by atoms with Gasteiger partial charge >= 0.3 is 0 Å². The highest BCUT2D eigenvalue weighted by Gasteiger charge is 2.30. The fourth-order valence-corrected chi connectivity index (χ4v) is 3.20. The van der Waals surface area contributed by atoms with E-state index in [0.717, 1.165) is 24.6 Å².